The molecule has 8 heteroatoms. The van der Waals surface area contributed by atoms with Crippen molar-refractivity contribution in [3.63, 3.8) is 0 Å². The van der Waals surface area contributed by atoms with E-state index in [4.69, 9.17) is 11.6 Å². The molecule has 1 saturated carbocycles. The third kappa shape index (κ3) is 2.84. The van der Waals surface area contributed by atoms with Gasteiger partial charge in [-0.05, 0) is 30.7 Å². The molecule has 1 amide bonds. The maximum Gasteiger partial charge on any atom is 0.231 e. The SMILES string of the molecule is O=C(Nc1cn2cc(-c3c(F)ccc(F)c3Cl)ccc2n1)C1CC1F. The van der Waals surface area contributed by atoms with E-state index in [1.807, 2.05) is 0 Å². The number of rotatable bonds is 3. The van der Waals surface area contributed by atoms with Gasteiger partial charge in [0.2, 0.25) is 5.91 Å². The Morgan fingerprint density at radius 2 is 1.92 bits per heavy atom. The Kier molecular flexibility index (Phi) is 3.68. The standard InChI is InChI=1S/C17H11ClF3N3O/c18-16-11(20)3-2-10(19)15(16)8-1-4-14-22-13(7-24(14)6-8)23-17(25)9-5-12(9)21/h1-4,6-7,9,12H,5H2,(H,23,25). The highest BCUT2D eigenvalue weighted by atomic mass is 35.5. The largest absolute Gasteiger partial charge is 0.309 e. The summed E-state index contributed by atoms with van der Waals surface area (Å²) >= 11 is 5.88. The number of hydrogen-bond acceptors (Lipinski definition) is 2. The quantitative estimate of drug-likeness (QED) is 0.706. The van der Waals surface area contributed by atoms with Crippen LogP contribution in [0.5, 0.6) is 0 Å². The summed E-state index contributed by atoms with van der Waals surface area (Å²) in [6, 6.07) is 5.10. The molecule has 25 heavy (non-hydrogen) atoms. The van der Waals surface area contributed by atoms with Crippen LogP contribution in [0.15, 0.2) is 36.7 Å². The van der Waals surface area contributed by atoms with Gasteiger partial charge in [0, 0.05) is 17.3 Å². The summed E-state index contributed by atoms with van der Waals surface area (Å²) in [5, 5.41) is 2.23. The maximum absolute atomic E-state index is 14.1. The van der Waals surface area contributed by atoms with Crippen LogP contribution < -0.4 is 5.32 Å². The zero-order chi connectivity index (χ0) is 17.7. The Morgan fingerprint density at radius 1 is 1.20 bits per heavy atom. The minimum Gasteiger partial charge on any atom is -0.309 e. The van der Waals surface area contributed by atoms with Gasteiger partial charge in [0.15, 0.2) is 5.82 Å². The fourth-order valence-corrected chi connectivity index (χ4v) is 2.91. The fraction of sp³-hybridized carbons (Fsp3) is 0.176. The summed E-state index contributed by atoms with van der Waals surface area (Å²) < 4.78 is 42.1. The first-order valence-electron chi connectivity index (χ1n) is 7.51. The van der Waals surface area contributed by atoms with Crippen molar-refractivity contribution in [2.75, 3.05) is 5.32 Å². The lowest BCUT2D eigenvalue weighted by Crippen LogP contribution is -2.15. The lowest BCUT2D eigenvalue weighted by molar-refractivity contribution is -0.117. The zero-order valence-electron chi connectivity index (χ0n) is 12.6. The minimum atomic E-state index is -1.10. The molecular weight excluding hydrogens is 355 g/mol. The second-order valence-electron chi connectivity index (χ2n) is 5.88. The van der Waals surface area contributed by atoms with Crippen molar-refractivity contribution in [1.82, 2.24) is 9.38 Å². The van der Waals surface area contributed by atoms with E-state index in [1.165, 1.54) is 12.4 Å². The molecule has 4 rings (SSSR count). The van der Waals surface area contributed by atoms with Gasteiger partial charge in [0.05, 0.1) is 17.1 Å². The number of nitrogens with one attached hydrogen (secondary N) is 1. The number of aromatic nitrogens is 2. The van der Waals surface area contributed by atoms with Crippen molar-refractivity contribution in [3.05, 3.63) is 53.3 Å². The van der Waals surface area contributed by atoms with E-state index < -0.39 is 29.6 Å². The molecule has 0 bridgehead atoms. The molecule has 2 aromatic heterocycles. The van der Waals surface area contributed by atoms with Crippen LogP contribution in [0.4, 0.5) is 19.0 Å². The Hall–Kier alpha value is -2.54. The van der Waals surface area contributed by atoms with Gasteiger partial charge in [0.25, 0.3) is 0 Å². The van der Waals surface area contributed by atoms with Crippen LogP contribution >= 0.6 is 11.6 Å². The number of pyridine rings is 1. The molecular formula is C17H11ClF3N3O. The van der Waals surface area contributed by atoms with Gasteiger partial charge >= 0.3 is 0 Å². The van der Waals surface area contributed by atoms with E-state index in [2.05, 4.69) is 10.3 Å². The first-order chi connectivity index (χ1) is 11.9. The van der Waals surface area contributed by atoms with Gasteiger partial charge in [-0.15, -0.1) is 0 Å². The highest BCUT2D eigenvalue weighted by Crippen LogP contribution is 2.35. The summed E-state index contributed by atoms with van der Waals surface area (Å²) in [7, 11) is 0. The van der Waals surface area contributed by atoms with E-state index >= 15 is 0 Å². The average molecular weight is 366 g/mol. The Labute approximate surface area is 145 Å². The van der Waals surface area contributed by atoms with Crippen molar-refractivity contribution in [3.8, 4) is 11.1 Å². The Morgan fingerprint density at radius 3 is 2.64 bits per heavy atom. The van der Waals surface area contributed by atoms with Crippen molar-refractivity contribution in [2.45, 2.75) is 12.6 Å². The number of anilines is 1. The Balaban J connectivity index is 1.69. The fourth-order valence-electron chi connectivity index (χ4n) is 2.65. The van der Waals surface area contributed by atoms with Gasteiger partial charge in [-0.1, -0.05) is 11.6 Å². The molecule has 2 unspecified atom stereocenters. The molecule has 1 fully saturated rings. The highest BCUT2D eigenvalue weighted by molar-refractivity contribution is 6.33. The summed E-state index contributed by atoms with van der Waals surface area (Å²) in [5.41, 5.74) is 0.788. The maximum atomic E-state index is 14.1. The number of carbonyl (C=O) groups excluding carboxylic acids is 1. The van der Waals surface area contributed by atoms with Crippen LogP contribution in [0, 0.1) is 17.6 Å². The topological polar surface area (TPSA) is 46.4 Å². The molecule has 1 aliphatic rings. The Bertz CT molecular complexity index is 1000. The number of hydrogen-bond donors (Lipinski definition) is 1. The van der Waals surface area contributed by atoms with Crippen LogP contribution in [0.2, 0.25) is 5.02 Å². The van der Waals surface area contributed by atoms with Crippen LogP contribution in [-0.4, -0.2) is 21.5 Å². The molecule has 0 saturated heterocycles. The van der Waals surface area contributed by atoms with Crippen LogP contribution in [0.3, 0.4) is 0 Å². The molecule has 1 N–H and O–H groups in total. The molecule has 3 aromatic rings. The number of carbonyl (C=O) groups is 1. The predicted octanol–water partition coefficient (Wildman–Crippen LogP) is 4.23. The average Bonchev–Trinajstić information content (AvgIpc) is 3.17. The van der Waals surface area contributed by atoms with Gasteiger partial charge in [0.1, 0.15) is 23.5 Å². The third-order valence-electron chi connectivity index (χ3n) is 4.08. The molecule has 2 atom stereocenters. The van der Waals surface area contributed by atoms with Crippen molar-refractivity contribution >= 4 is 29.0 Å². The van der Waals surface area contributed by atoms with E-state index in [-0.39, 0.29) is 22.8 Å². The first-order valence-corrected chi connectivity index (χ1v) is 7.89. The van der Waals surface area contributed by atoms with Crippen molar-refractivity contribution in [1.29, 1.82) is 0 Å². The molecule has 2 heterocycles. The van der Waals surface area contributed by atoms with E-state index in [9.17, 15) is 18.0 Å². The molecule has 1 aliphatic carbocycles. The second kappa shape index (κ2) is 5.77. The predicted molar refractivity (Wildman–Crippen MR) is 87.2 cm³/mol. The monoisotopic (exact) mass is 365 g/mol. The lowest BCUT2D eigenvalue weighted by atomic mass is 10.1. The van der Waals surface area contributed by atoms with Crippen LogP contribution in [0.1, 0.15) is 6.42 Å². The van der Waals surface area contributed by atoms with E-state index in [1.54, 1.807) is 16.5 Å². The van der Waals surface area contributed by atoms with Crippen molar-refractivity contribution in [2.24, 2.45) is 5.92 Å². The van der Waals surface area contributed by atoms with Crippen LogP contribution in [0.25, 0.3) is 16.8 Å². The number of halogens is 4. The number of benzene rings is 1. The minimum absolute atomic E-state index is 0.0545. The first kappa shape index (κ1) is 16.0. The molecule has 4 nitrogen and oxygen atoms in total. The van der Waals surface area contributed by atoms with Gasteiger partial charge in [-0.3, -0.25) is 4.79 Å². The molecule has 0 radical (unpaired) electrons. The number of fused-ring (bicyclic) bond motifs is 1. The normalized spacial score (nSPS) is 19.2. The number of amides is 1. The molecule has 1 aromatic carbocycles. The summed E-state index contributed by atoms with van der Waals surface area (Å²) in [4.78, 5) is 16.0. The zero-order valence-corrected chi connectivity index (χ0v) is 13.4. The van der Waals surface area contributed by atoms with E-state index in [0.29, 0.717) is 11.2 Å². The smallest absolute Gasteiger partial charge is 0.231 e. The van der Waals surface area contributed by atoms with Gasteiger partial charge < -0.3 is 9.72 Å². The summed E-state index contributed by atoms with van der Waals surface area (Å²) in [6.45, 7) is 0. The molecule has 128 valence electrons. The summed E-state index contributed by atoms with van der Waals surface area (Å²) in [6.07, 6.45) is 2.16. The lowest BCUT2D eigenvalue weighted by Gasteiger charge is -2.07. The number of alkyl halides is 1. The molecule has 0 aliphatic heterocycles. The highest BCUT2D eigenvalue weighted by Gasteiger charge is 2.43. The van der Waals surface area contributed by atoms with Gasteiger partial charge in [-0.2, -0.15) is 0 Å². The summed E-state index contributed by atoms with van der Waals surface area (Å²) in [5.74, 6) is -2.16. The number of nitrogens with zero attached hydrogens (tertiary/aromatic N) is 2. The van der Waals surface area contributed by atoms with Gasteiger partial charge in [-0.25, -0.2) is 18.2 Å². The van der Waals surface area contributed by atoms with E-state index in [0.717, 1.165) is 12.1 Å². The molecule has 0 spiro atoms. The second-order valence-corrected chi connectivity index (χ2v) is 6.25. The third-order valence-corrected chi connectivity index (χ3v) is 4.45. The number of imidazole rings is 1. The van der Waals surface area contributed by atoms with Crippen LogP contribution in [-0.2, 0) is 4.79 Å². The van der Waals surface area contributed by atoms with Crippen molar-refractivity contribution < 1.29 is 18.0 Å².